The third-order valence-electron chi connectivity index (χ3n) is 4.80. The third-order valence-corrected chi connectivity index (χ3v) is 4.80. The number of nitrogens with zero attached hydrogens (tertiary/aromatic N) is 4. The molecule has 7 nitrogen and oxygen atoms in total. The number of nitrogens with one attached hydrogen (secondary N) is 1. The van der Waals surface area contributed by atoms with E-state index in [9.17, 15) is 4.79 Å². The molecule has 0 radical (unpaired) electrons. The van der Waals surface area contributed by atoms with E-state index in [1.54, 1.807) is 31.6 Å². The van der Waals surface area contributed by atoms with Gasteiger partial charge in [0, 0.05) is 41.3 Å². The molecule has 0 saturated heterocycles. The maximum absolute atomic E-state index is 12.7. The second-order valence-electron chi connectivity index (χ2n) is 6.59. The topological polar surface area (TPSA) is 81.9 Å². The fourth-order valence-electron chi connectivity index (χ4n) is 3.45. The average Bonchev–Trinajstić information content (AvgIpc) is 3.01. The number of benzene rings is 1. The van der Waals surface area contributed by atoms with Gasteiger partial charge < -0.3 is 10.1 Å². The van der Waals surface area contributed by atoms with Crippen LogP contribution in [0.5, 0.6) is 5.88 Å². The summed E-state index contributed by atoms with van der Waals surface area (Å²) in [6.07, 6.45) is 3.19. The number of carbonyl (C=O) groups is 1. The number of methoxy groups -OCH3 is 1. The number of carbonyl (C=O) groups excluding carboxylic acids is 1. The molecule has 0 unspecified atom stereocenters. The molecule has 1 N–H and O–H groups in total. The van der Waals surface area contributed by atoms with Crippen LogP contribution < -0.4 is 10.1 Å². The van der Waals surface area contributed by atoms with Crippen molar-refractivity contribution in [2.75, 3.05) is 7.11 Å². The van der Waals surface area contributed by atoms with Crippen molar-refractivity contribution in [3.63, 3.8) is 0 Å². The van der Waals surface area contributed by atoms with Crippen LogP contribution in [-0.4, -0.2) is 32.8 Å². The predicted octanol–water partition coefficient (Wildman–Crippen LogP) is 3.48. The van der Waals surface area contributed by atoms with Gasteiger partial charge in [0.2, 0.25) is 5.88 Å². The molecule has 28 heavy (non-hydrogen) atoms. The van der Waals surface area contributed by atoms with Crippen molar-refractivity contribution in [1.29, 1.82) is 0 Å². The molecule has 0 aliphatic heterocycles. The first-order valence-electron chi connectivity index (χ1n) is 9.26. The van der Waals surface area contributed by atoms with E-state index in [4.69, 9.17) is 4.74 Å². The van der Waals surface area contributed by atoms with Crippen LogP contribution in [-0.2, 0) is 6.54 Å². The molecule has 146 valence electrons. The molecule has 0 aliphatic rings. The minimum atomic E-state index is -0.132. The van der Waals surface area contributed by atoms with Gasteiger partial charge >= 0.3 is 0 Å². The highest BCUT2D eigenvalue weighted by Crippen LogP contribution is 2.26. The fraction of sp³-hybridized carbons (Fsp3) is 0.333. The van der Waals surface area contributed by atoms with Crippen LogP contribution in [0.1, 0.15) is 47.2 Å². The lowest BCUT2D eigenvalue weighted by Gasteiger charge is -2.15. The number of amides is 1. The standard InChI is InChI=1S/C21H25N5O2/c1-6-26-15(4)18(14(3)25-26)13(2)24-20(27)17-9-7-16(8-10-17)19-21(28-5)23-12-11-22-19/h7-13H,6H2,1-5H3,(H,24,27)/t13-/m1/s1. The molecule has 3 rings (SSSR count). The van der Waals surface area contributed by atoms with Crippen molar-refractivity contribution < 1.29 is 9.53 Å². The fourth-order valence-corrected chi connectivity index (χ4v) is 3.45. The number of aromatic nitrogens is 4. The monoisotopic (exact) mass is 379 g/mol. The van der Waals surface area contributed by atoms with Gasteiger partial charge in [-0.25, -0.2) is 9.97 Å². The Bertz CT molecular complexity index is 979. The summed E-state index contributed by atoms with van der Waals surface area (Å²) in [5.41, 5.74) is 5.15. The molecule has 7 heteroatoms. The largest absolute Gasteiger partial charge is 0.479 e. The molecule has 2 aromatic heterocycles. The zero-order chi connectivity index (χ0) is 20.3. The molecule has 0 saturated carbocycles. The zero-order valence-electron chi connectivity index (χ0n) is 16.9. The second kappa shape index (κ2) is 8.21. The molecular formula is C21H25N5O2. The van der Waals surface area contributed by atoms with Gasteiger partial charge in [-0.05, 0) is 39.8 Å². The third kappa shape index (κ3) is 3.74. The Labute approximate surface area is 164 Å². The Balaban J connectivity index is 1.77. The minimum absolute atomic E-state index is 0.131. The van der Waals surface area contributed by atoms with Gasteiger partial charge in [-0.2, -0.15) is 5.10 Å². The van der Waals surface area contributed by atoms with Gasteiger partial charge in [0.1, 0.15) is 5.69 Å². The predicted molar refractivity (Wildman–Crippen MR) is 107 cm³/mol. The normalized spacial score (nSPS) is 11.9. The van der Waals surface area contributed by atoms with Gasteiger partial charge in [0.15, 0.2) is 0 Å². The highest BCUT2D eigenvalue weighted by atomic mass is 16.5. The van der Waals surface area contributed by atoms with E-state index in [0.717, 1.165) is 29.1 Å². The van der Waals surface area contributed by atoms with Crippen LogP contribution in [0.4, 0.5) is 0 Å². The van der Waals surface area contributed by atoms with Crippen molar-refractivity contribution in [3.05, 3.63) is 59.2 Å². The van der Waals surface area contributed by atoms with Gasteiger partial charge in [0.05, 0.1) is 18.8 Å². The molecule has 1 amide bonds. The van der Waals surface area contributed by atoms with Gasteiger partial charge in [-0.3, -0.25) is 9.48 Å². The van der Waals surface area contributed by atoms with E-state index in [2.05, 4.69) is 27.3 Å². The van der Waals surface area contributed by atoms with Crippen molar-refractivity contribution in [3.8, 4) is 17.1 Å². The summed E-state index contributed by atoms with van der Waals surface area (Å²) < 4.78 is 7.21. The first-order valence-corrected chi connectivity index (χ1v) is 9.26. The SMILES string of the molecule is CCn1nc(C)c([C@@H](C)NC(=O)c2ccc(-c3nccnc3OC)cc2)c1C. The van der Waals surface area contributed by atoms with Crippen molar-refractivity contribution >= 4 is 5.91 Å². The van der Waals surface area contributed by atoms with Crippen molar-refractivity contribution in [2.24, 2.45) is 0 Å². The zero-order valence-corrected chi connectivity index (χ0v) is 16.9. The second-order valence-corrected chi connectivity index (χ2v) is 6.59. The molecule has 0 aliphatic carbocycles. The van der Waals surface area contributed by atoms with E-state index in [1.807, 2.05) is 37.6 Å². The Kier molecular flexibility index (Phi) is 5.73. The number of aryl methyl sites for hydroxylation is 2. The van der Waals surface area contributed by atoms with E-state index in [-0.39, 0.29) is 11.9 Å². The summed E-state index contributed by atoms with van der Waals surface area (Å²) in [5, 5.41) is 7.60. The molecular weight excluding hydrogens is 354 g/mol. The molecule has 0 bridgehead atoms. The lowest BCUT2D eigenvalue weighted by molar-refractivity contribution is 0.0940. The Hall–Kier alpha value is -3.22. The number of rotatable bonds is 6. The first kappa shape index (κ1) is 19.5. The quantitative estimate of drug-likeness (QED) is 0.709. The summed E-state index contributed by atoms with van der Waals surface area (Å²) in [6.45, 7) is 8.85. The van der Waals surface area contributed by atoms with Crippen LogP contribution in [0.2, 0.25) is 0 Å². The summed E-state index contributed by atoms with van der Waals surface area (Å²) in [5.74, 6) is 0.320. The summed E-state index contributed by atoms with van der Waals surface area (Å²) in [4.78, 5) is 21.2. The van der Waals surface area contributed by atoms with Crippen LogP contribution in [0.3, 0.4) is 0 Å². The van der Waals surface area contributed by atoms with E-state index in [0.29, 0.717) is 17.1 Å². The Morgan fingerprint density at radius 2 is 1.86 bits per heavy atom. The lowest BCUT2D eigenvalue weighted by Crippen LogP contribution is -2.27. The van der Waals surface area contributed by atoms with Gasteiger partial charge in [0.25, 0.3) is 5.91 Å². The van der Waals surface area contributed by atoms with Crippen LogP contribution in [0, 0.1) is 13.8 Å². The molecule has 0 spiro atoms. The summed E-state index contributed by atoms with van der Waals surface area (Å²) in [7, 11) is 1.56. The van der Waals surface area contributed by atoms with Gasteiger partial charge in [-0.1, -0.05) is 12.1 Å². The average molecular weight is 379 g/mol. The molecule has 1 atom stereocenters. The van der Waals surface area contributed by atoms with E-state index >= 15 is 0 Å². The van der Waals surface area contributed by atoms with Crippen LogP contribution >= 0.6 is 0 Å². The highest BCUT2D eigenvalue weighted by molar-refractivity contribution is 5.95. The van der Waals surface area contributed by atoms with Crippen LogP contribution in [0.15, 0.2) is 36.7 Å². The van der Waals surface area contributed by atoms with E-state index < -0.39 is 0 Å². The summed E-state index contributed by atoms with van der Waals surface area (Å²) >= 11 is 0. The Morgan fingerprint density at radius 3 is 2.46 bits per heavy atom. The maximum atomic E-state index is 12.7. The van der Waals surface area contributed by atoms with Crippen LogP contribution in [0.25, 0.3) is 11.3 Å². The lowest BCUT2D eigenvalue weighted by atomic mass is 10.0. The first-order chi connectivity index (χ1) is 13.5. The molecule has 1 aromatic carbocycles. The molecule has 3 aromatic rings. The Morgan fingerprint density at radius 1 is 1.18 bits per heavy atom. The minimum Gasteiger partial charge on any atom is -0.479 e. The number of hydrogen-bond acceptors (Lipinski definition) is 5. The van der Waals surface area contributed by atoms with Crippen molar-refractivity contribution in [1.82, 2.24) is 25.1 Å². The van der Waals surface area contributed by atoms with E-state index in [1.165, 1.54) is 0 Å². The number of ether oxygens (including phenoxy) is 1. The maximum Gasteiger partial charge on any atom is 0.251 e. The molecule has 2 heterocycles. The summed E-state index contributed by atoms with van der Waals surface area (Å²) in [6, 6.07) is 7.11. The number of hydrogen-bond donors (Lipinski definition) is 1. The smallest absolute Gasteiger partial charge is 0.251 e. The van der Waals surface area contributed by atoms with Crippen molar-refractivity contribution in [2.45, 2.75) is 40.3 Å². The van der Waals surface area contributed by atoms with Gasteiger partial charge in [-0.15, -0.1) is 0 Å². The molecule has 0 fully saturated rings. The highest BCUT2D eigenvalue weighted by Gasteiger charge is 2.19.